The Labute approximate surface area is 187 Å². The maximum absolute atomic E-state index is 14.0. The van der Waals surface area contributed by atoms with Crippen molar-refractivity contribution in [2.45, 2.75) is 18.9 Å². The van der Waals surface area contributed by atoms with Crippen molar-refractivity contribution in [3.05, 3.63) is 60.2 Å². The standard InChI is InChI=1S/C23H20F2N6O2/c1-30-12-14(10-27-30)22-23(29-19-9-16(13-32)26-11-20(19)28-22)31-6-4-17(5-7-31)33-21-3-2-15(24)8-18(21)25/h2-3,8-13,17H,4-7H2,1H3. The number of aldehydes is 1. The van der Waals surface area contributed by atoms with Crippen LogP contribution in [0.5, 0.6) is 5.75 Å². The summed E-state index contributed by atoms with van der Waals surface area (Å²) in [6.45, 7) is 1.21. The van der Waals surface area contributed by atoms with E-state index in [1.54, 1.807) is 16.9 Å². The van der Waals surface area contributed by atoms with Gasteiger partial charge in [0.1, 0.15) is 28.8 Å². The highest BCUT2D eigenvalue weighted by Crippen LogP contribution is 2.32. The van der Waals surface area contributed by atoms with Crippen molar-refractivity contribution < 1.29 is 18.3 Å². The zero-order valence-electron chi connectivity index (χ0n) is 17.8. The summed E-state index contributed by atoms with van der Waals surface area (Å²) in [4.78, 5) is 26.9. The minimum absolute atomic E-state index is 0.0466. The van der Waals surface area contributed by atoms with Crippen molar-refractivity contribution in [1.82, 2.24) is 24.7 Å². The number of pyridine rings is 1. The van der Waals surface area contributed by atoms with E-state index in [4.69, 9.17) is 14.7 Å². The first kappa shape index (κ1) is 20.9. The lowest BCUT2D eigenvalue weighted by Crippen LogP contribution is -2.39. The summed E-state index contributed by atoms with van der Waals surface area (Å²) in [7, 11) is 1.83. The van der Waals surface area contributed by atoms with Crippen LogP contribution in [0.25, 0.3) is 22.3 Å². The Balaban J connectivity index is 1.43. The Hall–Kier alpha value is -3.95. The highest BCUT2D eigenvalue weighted by atomic mass is 19.1. The largest absolute Gasteiger partial charge is 0.487 e. The van der Waals surface area contributed by atoms with Gasteiger partial charge in [-0.15, -0.1) is 0 Å². The van der Waals surface area contributed by atoms with E-state index in [-0.39, 0.29) is 17.5 Å². The van der Waals surface area contributed by atoms with Crippen molar-refractivity contribution in [2.24, 2.45) is 7.05 Å². The molecule has 4 aromatic rings. The smallest absolute Gasteiger partial charge is 0.168 e. The zero-order valence-corrected chi connectivity index (χ0v) is 17.8. The molecule has 0 spiro atoms. The number of hydrogen-bond acceptors (Lipinski definition) is 7. The molecule has 0 radical (unpaired) electrons. The summed E-state index contributed by atoms with van der Waals surface area (Å²) in [5.74, 6) is -0.632. The SMILES string of the molecule is Cn1cc(-c2nc3cnc(C=O)cc3nc2N2CCC(Oc3ccc(F)cc3F)CC2)cn1. The molecule has 5 rings (SSSR count). The molecule has 1 fully saturated rings. The highest BCUT2D eigenvalue weighted by molar-refractivity contribution is 5.86. The first-order valence-electron chi connectivity index (χ1n) is 10.5. The number of nitrogens with zero attached hydrogens (tertiary/aromatic N) is 6. The minimum atomic E-state index is -0.712. The van der Waals surface area contributed by atoms with Crippen molar-refractivity contribution in [3.8, 4) is 17.0 Å². The predicted molar refractivity (Wildman–Crippen MR) is 117 cm³/mol. The van der Waals surface area contributed by atoms with E-state index in [9.17, 15) is 13.6 Å². The Kier molecular flexibility index (Phi) is 5.41. The maximum atomic E-state index is 14.0. The monoisotopic (exact) mass is 450 g/mol. The number of ether oxygens (including phenoxy) is 1. The summed E-state index contributed by atoms with van der Waals surface area (Å²) in [5.41, 5.74) is 2.91. The fourth-order valence-corrected chi connectivity index (χ4v) is 3.92. The number of fused-ring (bicyclic) bond motifs is 1. The minimum Gasteiger partial charge on any atom is -0.487 e. The number of rotatable bonds is 5. The van der Waals surface area contributed by atoms with Crippen molar-refractivity contribution >= 4 is 23.1 Å². The van der Waals surface area contributed by atoms with Gasteiger partial charge in [-0.3, -0.25) is 14.5 Å². The Morgan fingerprint density at radius 1 is 1.09 bits per heavy atom. The van der Waals surface area contributed by atoms with E-state index in [2.05, 4.69) is 15.0 Å². The number of halogens is 2. The van der Waals surface area contributed by atoms with E-state index in [0.717, 1.165) is 11.6 Å². The Morgan fingerprint density at radius 3 is 2.61 bits per heavy atom. The molecule has 1 aromatic carbocycles. The normalized spacial score (nSPS) is 14.6. The molecular formula is C23H20F2N6O2. The van der Waals surface area contributed by atoms with Crippen LogP contribution in [-0.4, -0.2) is 50.2 Å². The summed E-state index contributed by atoms with van der Waals surface area (Å²) in [6.07, 6.45) is 6.83. The molecule has 1 aliphatic heterocycles. The average Bonchev–Trinajstić information content (AvgIpc) is 3.26. The highest BCUT2D eigenvalue weighted by Gasteiger charge is 2.26. The number of benzene rings is 1. The van der Waals surface area contributed by atoms with Gasteiger partial charge >= 0.3 is 0 Å². The van der Waals surface area contributed by atoms with Crippen LogP contribution >= 0.6 is 0 Å². The first-order valence-corrected chi connectivity index (χ1v) is 10.5. The average molecular weight is 450 g/mol. The summed E-state index contributed by atoms with van der Waals surface area (Å²) in [5, 5.41) is 4.25. The molecule has 0 aliphatic carbocycles. The molecule has 0 amide bonds. The molecule has 8 nitrogen and oxygen atoms in total. The van der Waals surface area contributed by atoms with Crippen LogP contribution in [0.15, 0.2) is 42.9 Å². The van der Waals surface area contributed by atoms with Gasteiger partial charge in [0, 0.05) is 50.8 Å². The van der Waals surface area contributed by atoms with Crippen LogP contribution in [-0.2, 0) is 7.05 Å². The second-order valence-corrected chi connectivity index (χ2v) is 7.89. The second kappa shape index (κ2) is 8.53. The predicted octanol–water partition coefficient (Wildman–Crippen LogP) is 3.56. The number of carbonyl (C=O) groups is 1. The van der Waals surface area contributed by atoms with Crippen LogP contribution in [0.3, 0.4) is 0 Å². The number of piperidine rings is 1. The van der Waals surface area contributed by atoms with E-state index in [1.807, 2.05) is 13.2 Å². The van der Waals surface area contributed by atoms with Crippen molar-refractivity contribution in [1.29, 1.82) is 0 Å². The van der Waals surface area contributed by atoms with Gasteiger partial charge in [-0.25, -0.2) is 18.7 Å². The molecule has 4 heterocycles. The van der Waals surface area contributed by atoms with Crippen LogP contribution in [0.2, 0.25) is 0 Å². The molecule has 1 aliphatic rings. The second-order valence-electron chi connectivity index (χ2n) is 7.89. The Morgan fingerprint density at radius 2 is 1.91 bits per heavy atom. The zero-order chi connectivity index (χ0) is 22.9. The van der Waals surface area contributed by atoms with Gasteiger partial charge in [0.15, 0.2) is 23.7 Å². The maximum Gasteiger partial charge on any atom is 0.168 e. The van der Waals surface area contributed by atoms with Crippen LogP contribution in [0, 0.1) is 11.6 Å². The third kappa shape index (κ3) is 4.23. The quantitative estimate of drug-likeness (QED) is 0.430. The molecular weight excluding hydrogens is 430 g/mol. The molecule has 0 atom stereocenters. The van der Waals surface area contributed by atoms with Crippen molar-refractivity contribution in [3.63, 3.8) is 0 Å². The van der Waals surface area contributed by atoms with Gasteiger partial charge in [0.2, 0.25) is 0 Å². The number of anilines is 1. The third-order valence-corrected chi connectivity index (χ3v) is 5.58. The van der Waals surface area contributed by atoms with Crippen LogP contribution < -0.4 is 9.64 Å². The first-order chi connectivity index (χ1) is 16.0. The van der Waals surface area contributed by atoms with Crippen molar-refractivity contribution in [2.75, 3.05) is 18.0 Å². The lowest BCUT2D eigenvalue weighted by Gasteiger charge is -2.33. The molecule has 1 saturated heterocycles. The Bertz CT molecular complexity index is 1330. The molecule has 168 valence electrons. The number of carbonyl (C=O) groups excluding carboxylic acids is 1. The van der Waals surface area contributed by atoms with Gasteiger partial charge in [0.25, 0.3) is 0 Å². The molecule has 0 unspecified atom stereocenters. The third-order valence-electron chi connectivity index (χ3n) is 5.58. The molecule has 0 bridgehead atoms. The number of aromatic nitrogens is 5. The topological polar surface area (TPSA) is 86.0 Å². The van der Waals surface area contributed by atoms with Gasteiger partial charge in [-0.1, -0.05) is 0 Å². The summed E-state index contributed by atoms with van der Waals surface area (Å²) in [6, 6.07) is 4.92. The van der Waals surface area contributed by atoms with E-state index >= 15 is 0 Å². The fraction of sp³-hybridized carbons (Fsp3) is 0.261. The van der Waals surface area contributed by atoms with Gasteiger partial charge < -0.3 is 9.64 Å². The summed E-state index contributed by atoms with van der Waals surface area (Å²) < 4.78 is 34.6. The lowest BCUT2D eigenvalue weighted by molar-refractivity contribution is 0.111. The molecule has 10 heteroatoms. The van der Waals surface area contributed by atoms with Gasteiger partial charge in [-0.05, 0) is 18.2 Å². The van der Waals surface area contributed by atoms with Crippen LogP contribution in [0.4, 0.5) is 14.6 Å². The molecule has 0 saturated carbocycles. The lowest BCUT2D eigenvalue weighted by atomic mass is 10.1. The van der Waals surface area contributed by atoms with Crippen LogP contribution in [0.1, 0.15) is 23.3 Å². The summed E-state index contributed by atoms with van der Waals surface area (Å²) >= 11 is 0. The molecule has 3 aromatic heterocycles. The molecule has 33 heavy (non-hydrogen) atoms. The van der Waals surface area contributed by atoms with E-state index < -0.39 is 11.6 Å². The molecule has 0 N–H and O–H groups in total. The van der Waals surface area contributed by atoms with Gasteiger partial charge in [-0.2, -0.15) is 5.10 Å². The fourth-order valence-electron chi connectivity index (χ4n) is 3.92. The van der Waals surface area contributed by atoms with Gasteiger partial charge in [0.05, 0.1) is 17.9 Å². The van der Waals surface area contributed by atoms with E-state index in [0.29, 0.717) is 54.8 Å². The van der Waals surface area contributed by atoms with E-state index in [1.165, 1.54) is 18.3 Å². The number of aryl methyl sites for hydroxylation is 1. The number of hydrogen-bond donors (Lipinski definition) is 0.